The van der Waals surface area contributed by atoms with E-state index in [2.05, 4.69) is 10.2 Å². The first-order valence-corrected chi connectivity index (χ1v) is 9.01. The summed E-state index contributed by atoms with van der Waals surface area (Å²) < 4.78 is 0. The maximum atomic E-state index is 12.1. The molecule has 1 aromatic rings. The molecule has 1 aromatic carbocycles. The van der Waals surface area contributed by atoms with Crippen molar-refractivity contribution < 1.29 is 9.90 Å². The van der Waals surface area contributed by atoms with Crippen molar-refractivity contribution in [3.8, 4) is 0 Å². The second-order valence-corrected chi connectivity index (χ2v) is 7.37. The van der Waals surface area contributed by atoms with E-state index in [1.807, 2.05) is 25.7 Å². The summed E-state index contributed by atoms with van der Waals surface area (Å²) in [4.78, 5) is 14.2. The second kappa shape index (κ2) is 8.20. The molecule has 1 amide bonds. The van der Waals surface area contributed by atoms with Gasteiger partial charge in [0.15, 0.2) is 0 Å². The number of nitrogens with one attached hydrogen (secondary N) is 1. The van der Waals surface area contributed by atoms with Crippen molar-refractivity contribution in [3.05, 3.63) is 34.9 Å². The highest BCUT2D eigenvalue weighted by molar-refractivity contribution is 7.99. The van der Waals surface area contributed by atoms with E-state index < -0.39 is 6.10 Å². The molecule has 2 rings (SSSR count). The molecular formula is C16H23ClN2O2S. The Labute approximate surface area is 141 Å². The van der Waals surface area contributed by atoms with Gasteiger partial charge in [-0.2, -0.15) is 11.8 Å². The Kier molecular flexibility index (Phi) is 6.56. The van der Waals surface area contributed by atoms with Gasteiger partial charge in [0.2, 0.25) is 5.91 Å². The van der Waals surface area contributed by atoms with Crippen molar-refractivity contribution in [2.24, 2.45) is 0 Å². The normalized spacial score (nSPS) is 20.9. The van der Waals surface area contributed by atoms with E-state index in [1.165, 1.54) is 5.75 Å². The first-order chi connectivity index (χ1) is 10.5. The third-order valence-corrected chi connectivity index (χ3v) is 5.39. The Morgan fingerprint density at radius 3 is 2.77 bits per heavy atom. The number of carbonyl (C=O) groups excluding carboxylic acids is 1. The van der Waals surface area contributed by atoms with Crippen LogP contribution in [-0.2, 0) is 4.79 Å². The zero-order chi connectivity index (χ0) is 16.1. The first kappa shape index (κ1) is 17.6. The van der Waals surface area contributed by atoms with Crippen LogP contribution < -0.4 is 5.32 Å². The number of hydrogen-bond acceptors (Lipinski definition) is 4. The minimum Gasteiger partial charge on any atom is -0.386 e. The Balaban J connectivity index is 1.83. The summed E-state index contributed by atoms with van der Waals surface area (Å²) >= 11 is 7.77. The van der Waals surface area contributed by atoms with E-state index in [4.69, 9.17) is 11.6 Å². The van der Waals surface area contributed by atoms with Crippen LogP contribution in [0.25, 0.3) is 0 Å². The van der Waals surface area contributed by atoms with Crippen LogP contribution in [0.2, 0.25) is 5.02 Å². The average Bonchev–Trinajstić information content (AvgIpc) is 3.01. The lowest BCUT2D eigenvalue weighted by atomic mass is 10.0. The molecule has 0 bridgehead atoms. The lowest BCUT2D eigenvalue weighted by Gasteiger charge is -2.25. The van der Waals surface area contributed by atoms with Gasteiger partial charge >= 0.3 is 0 Å². The maximum absolute atomic E-state index is 12.1. The topological polar surface area (TPSA) is 52.6 Å². The summed E-state index contributed by atoms with van der Waals surface area (Å²) in [5.74, 6) is 2.20. The summed E-state index contributed by atoms with van der Waals surface area (Å²) in [7, 11) is 1.98. The van der Waals surface area contributed by atoms with Crippen LogP contribution in [0.15, 0.2) is 24.3 Å². The number of amides is 1. The van der Waals surface area contributed by atoms with Crippen LogP contribution in [0.4, 0.5) is 0 Å². The molecular weight excluding hydrogens is 320 g/mol. The molecule has 4 nitrogen and oxygen atoms in total. The van der Waals surface area contributed by atoms with E-state index in [-0.39, 0.29) is 11.9 Å². The summed E-state index contributed by atoms with van der Waals surface area (Å²) in [6.07, 6.45) is 0.394. The lowest BCUT2D eigenvalue weighted by molar-refractivity contribution is -0.123. The standard InChI is InChI=1S/C16H23ClN2O2S/c1-11(16(21)12-3-5-13(17)6-4-12)18-15(20)9-19(2)14-7-8-22-10-14/h3-6,11,14,16,21H,7-10H2,1-2H3,(H,18,20). The molecule has 3 unspecified atom stereocenters. The van der Waals surface area contributed by atoms with Crippen molar-refractivity contribution >= 4 is 29.3 Å². The smallest absolute Gasteiger partial charge is 0.234 e. The van der Waals surface area contributed by atoms with Gasteiger partial charge in [0.25, 0.3) is 0 Å². The molecule has 2 N–H and O–H groups in total. The van der Waals surface area contributed by atoms with Gasteiger partial charge < -0.3 is 10.4 Å². The number of rotatable bonds is 6. The summed E-state index contributed by atoms with van der Waals surface area (Å²) in [6, 6.07) is 7.15. The van der Waals surface area contributed by atoms with Crippen molar-refractivity contribution in [2.75, 3.05) is 25.1 Å². The van der Waals surface area contributed by atoms with Gasteiger partial charge in [-0.15, -0.1) is 0 Å². The predicted octanol–water partition coefficient (Wildman–Crippen LogP) is 2.32. The van der Waals surface area contributed by atoms with E-state index in [9.17, 15) is 9.90 Å². The van der Waals surface area contributed by atoms with Crippen LogP contribution in [0.3, 0.4) is 0 Å². The molecule has 122 valence electrons. The fourth-order valence-electron chi connectivity index (χ4n) is 2.55. The van der Waals surface area contributed by atoms with E-state index in [1.54, 1.807) is 24.3 Å². The molecule has 1 fully saturated rings. The molecule has 22 heavy (non-hydrogen) atoms. The fraction of sp³-hybridized carbons (Fsp3) is 0.562. The number of nitrogens with zero attached hydrogens (tertiary/aromatic N) is 1. The van der Waals surface area contributed by atoms with Gasteiger partial charge in [0, 0.05) is 16.8 Å². The Hall–Kier alpha value is -0.750. The van der Waals surface area contributed by atoms with Crippen LogP contribution in [0.5, 0.6) is 0 Å². The van der Waals surface area contributed by atoms with Gasteiger partial charge in [-0.1, -0.05) is 23.7 Å². The molecule has 1 saturated heterocycles. The molecule has 0 saturated carbocycles. The SMILES string of the molecule is CC(NC(=O)CN(C)C1CCSC1)C(O)c1ccc(Cl)cc1. The average molecular weight is 343 g/mol. The highest BCUT2D eigenvalue weighted by atomic mass is 35.5. The van der Waals surface area contributed by atoms with Crippen LogP contribution >= 0.6 is 23.4 Å². The molecule has 1 aliphatic rings. The lowest BCUT2D eigenvalue weighted by Crippen LogP contribution is -2.45. The van der Waals surface area contributed by atoms with E-state index in [0.717, 1.165) is 17.7 Å². The van der Waals surface area contributed by atoms with Crippen molar-refractivity contribution in [2.45, 2.75) is 31.5 Å². The second-order valence-electron chi connectivity index (χ2n) is 5.79. The summed E-state index contributed by atoms with van der Waals surface area (Å²) in [5, 5.41) is 13.8. The van der Waals surface area contributed by atoms with Gasteiger partial charge in [0.05, 0.1) is 18.7 Å². The quantitative estimate of drug-likeness (QED) is 0.833. The van der Waals surface area contributed by atoms with E-state index >= 15 is 0 Å². The number of halogens is 1. The number of carbonyl (C=O) groups is 1. The van der Waals surface area contributed by atoms with Gasteiger partial charge in [-0.05, 0) is 43.8 Å². The van der Waals surface area contributed by atoms with Crippen LogP contribution in [-0.4, -0.2) is 53.1 Å². The molecule has 0 radical (unpaired) electrons. The van der Waals surface area contributed by atoms with Gasteiger partial charge in [-0.3, -0.25) is 9.69 Å². The Morgan fingerprint density at radius 2 is 2.18 bits per heavy atom. The molecule has 6 heteroatoms. The van der Waals surface area contributed by atoms with E-state index in [0.29, 0.717) is 17.6 Å². The number of benzene rings is 1. The number of aliphatic hydroxyl groups is 1. The third-order valence-electron chi connectivity index (χ3n) is 4.00. The molecule has 1 heterocycles. The zero-order valence-electron chi connectivity index (χ0n) is 13.0. The van der Waals surface area contributed by atoms with Crippen molar-refractivity contribution in [1.29, 1.82) is 0 Å². The summed E-state index contributed by atoms with van der Waals surface area (Å²) in [5.41, 5.74) is 0.748. The summed E-state index contributed by atoms with van der Waals surface area (Å²) in [6.45, 7) is 2.17. The third kappa shape index (κ3) is 4.88. The Morgan fingerprint density at radius 1 is 1.50 bits per heavy atom. The van der Waals surface area contributed by atoms with Crippen molar-refractivity contribution in [3.63, 3.8) is 0 Å². The minimum atomic E-state index is -0.742. The largest absolute Gasteiger partial charge is 0.386 e. The van der Waals surface area contributed by atoms with Gasteiger partial charge in [-0.25, -0.2) is 0 Å². The van der Waals surface area contributed by atoms with Crippen LogP contribution in [0.1, 0.15) is 25.0 Å². The van der Waals surface area contributed by atoms with Gasteiger partial charge in [0.1, 0.15) is 0 Å². The van der Waals surface area contributed by atoms with Crippen molar-refractivity contribution in [1.82, 2.24) is 10.2 Å². The highest BCUT2D eigenvalue weighted by Crippen LogP contribution is 2.21. The maximum Gasteiger partial charge on any atom is 0.234 e. The van der Waals surface area contributed by atoms with Crippen LogP contribution in [0, 0.1) is 0 Å². The molecule has 0 aromatic heterocycles. The Bertz CT molecular complexity index is 491. The molecule has 0 spiro atoms. The number of aliphatic hydroxyl groups excluding tert-OH is 1. The number of hydrogen-bond donors (Lipinski definition) is 2. The molecule has 0 aliphatic carbocycles. The molecule has 3 atom stereocenters. The highest BCUT2D eigenvalue weighted by Gasteiger charge is 2.23. The fourth-order valence-corrected chi connectivity index (χ4v) is 3.98. The minimum absolute atomic E-state index is 0.0556. The predicted molar refractivity (Wildman–Crippen MR) is 92.4 cm³/mol. The zero-order valence-corrected chi connectivity index (χ0v) is 14.5. The number of likely N-dealkylation sites (N-methyl/N-ethyl adjacent to an activating group) is 1. The monoisotopic (exact) mass is 342 g/mol. The molecule has 1 aliphatic heterocycles. The number of thioether (sulfide) groups is 1. The first-order valence-electron chi connectivity index (χ1n) is 7.48.